The molecule has 10 heteroatoms. The number of amides is 2. The highest BCUT2D eigenvalue weighted by Gasteiger charge is 2.17. The molecule has 28 heavy (non-hydrogen) atoms. The van der Waals surface area contributed by atoms with Crippen LogP contribution in [0.1, 0.15) is 20.7 Å². The number of nitro groups is 1. The maximum atomic E-state index is 12.2. The Balaban J connectivity index is 1.76. The average Bonchev–Trinajstić information content (AvgIpc) is 2.70. The Labute approximate surface area is 156 Å². The lowest BCUT2D eigenvalue weighted by Crippen LogP contribution is -2.43. The number of ether oxygens (including phenoxy) is 1. The minimum absolute atomic E-state index is 0.0844. The molecule has 142 valence electrons. The summed E-state index contributed by atoms with van der Waals surface area (Å²) >= 11 is 0. The SMILES string of the molecule is COc1cccc2cc(C(=O)NNC(=O)c3ccc([N+](=O)[O-])cc3)c(=O)oc12. The number of para-hydroxylation sites is 1. The van der Waals surface area contributed by atoms with Gasteiger partial charge in [-0.05, 0) is 24.3 Å². The molecule has 0 aliphatic heterocycles. The minimum Gasteiger partial charge on any atom is -0.493 e. The molecule has 3 rings (SSSR count). The first-order chi connectivity index (χ1) is 13.4. The summed E-state index contributed by atoms with van der Waals surface area (Å²) in [6, 6.07) is 11.0. The smallest absolute Gasteiger partial charge is 0.349 e. The topological polar surface area (TPSA) is 141 Å². The van der Waals surface area contributed by atoms with Crippen molar-refractivity contribution in [3.63, 3.8) is 0 Å². The second kappa shape index (κ2) is 7.58. The molecule has 0 spiro atoms. The number of methoxy groups -OCH3 is 1. The van der Waals surface area contributed by atoms with Crippen molar-refractivity contribution in [2.75, 3.05) is 7.11 Å². The second-order valence-corrected chi connectivity index (χ2v) is 5.54. The van der Waals surface area contributed by atoms with Gasteiger partial charge in [0, 0.05) is 23.1 Å². The molecule has 3 aromatic rings. The van der Waals surface area contributed by atoms with E-state index in [0.29, 0.717) is 11.1 Å². The monoisotopic (exact) mass is 383 g/mol. The fourth-order valence-electron chi connectivity index (χ4n) is 2.42. The molecule has 0 radical (unpaired) electrons. The molecular formula is C18H13N3O7. The molecule has 0 fully saturated rings. The van der Waals surface area contributed by atoms with Crippen LogP contribution in [0.4, 0.5) is 5.69 Å². The van der Waals surface area contributed by atoms with Crippen LogP contribution in [-0.4, -0.2) is 23.8 Å². The predicted molar refractivity (Wildman–Crippen MR) is 97.1 cm³/mol. The molecule has 2 N–H and O–H groups in total. The third-order valence-corrected chi connectivity index (χ3v) is 3.82. The fraction of sp³-hybridized carbons (Fsp3) is 0.0556. The van der Waals surface area contributed by atoms with Gasteiger partial charge in [-0.2, -0.15) is 0 Å². The second-order valence-electron chi connectivity index (χ2n) is 5.54. The normalized spacial score (nSPS) is 10.3. The van der Waals surface area contributed by atoms with Crippen LogP contribution in [0.15, 0.2) is 57.7 Å². The molecule has 2 aromatic carbocycles. The fourth-order valence-corrected chi connectivity index (χ4v) is 2.42. The van der Waals surface area contributed by atoms with E-state index >= 15 is 0 Å². The Kier molecular flexibility index (Phi) is 5.03. The van der Waals surface area contributed by atoms with Gasteiger partial charge in [0.15, 0.2) is 11.3 Å². The van der Waals surface area contributed by atoms with Crippen molar-refractivity contribution in [2.24, 2.45) is 0 Å². The van der Waals surface area contributed by atoms with Crippen LogP contribution >= 0.6 is 0 Å². The van der Waals surface area contributed by atoms with E-state index in [1.54, 1.807) is 18.2 Å². The lowest BCUT2D eigenvalue weighted by atomic mass is 10.1. The van der Waals surface area contributed by atoms with E-state index in [1.807, 2.05) is 0 Å². The van der Waals surface area contributed by atoms with Crippen LogP contribution in [0.25, 0.3) is 11.0 Å². The summed E-state index contributed by atoms with van der Waals surface area (Å²) in [5.74, 6) is -1.25. The highest BCUT2D eigenvalue weighted by Crippen LogP contribution is 2.24. The van der Waals surface area contributed by atoms with Crippen molar-refractivity contribution in [2.45, 2.75) is 0 Å². The molecule has 0 saturated heterocycles. The van der Waals surface area contributed by atoms with E-state index in [1.165, 1.54) is 25.3 Å². The quantitative estimate of drug-likeness (QED) is 0.397. The summed E-state index contributed by atoms with van der Waals surface area (Å²) in [5.41, 5.74) is 3.12. The van der Waals surface area contributed by atoms with Gasteiger partial charge in [-0.25, -0.2) is 4.79 Å². The van der Waals surface area contributed by atoms with Gasteiger partial charge in [0.05, 0.1) is 12.0 Å². The maximum absolute atomic E-state index is 12.2. The Morgan fingerprint density at radius 2 is 1.75 bits per heavy atom. The summed E-state index contributed by atoms with van der Waals surface area (Å²) in [6.45, 7) is 0. The lowest BCUT2D eigenvalue weighted by Gasteiger charge is -2.08. The molecule has 0 unspecified atom stereocenters. The Bertz CT molecular complexity index is 1140. The number of nitrogens with one attached hydrogen (secondary N) is 2. The Morgan fingerprint density at radius 3 is 2.39 bits per heavy atom. The number of fused-ring (bicyclic) bond motifs is 1. The largest absolute Gasteiger partial charge is 0.493 e. The molecule has 0 aliphatic carbocycles. The van der Waals surface area contributed by atoms with Gasteiger partial charge in [-0.15, -0.1) is 0 Å². The van der Waals surface area contributed by atoms with Gasteiger partial charge >= 0.3 is 5.63 Å². The van der Waals surface area contributed by atoms with Gasteiger partial charge < -0.3 is 9.15 Å². The summed E-state index contributed by atoms with van der Waals surface area (Å²) in [6.07, 6.45) is 0. The van der Waals surface area contributed by atoms with E-state index in [-0.39, 0.29) is 22.4 Å². The van der Waals surface area contributed by atoms with Gasteiger partial charge in [0.2, 0.25) is 0 Å². The van der Waals surface area contributed by atoms with Gasteiger partial charge in [0.25, 0.3) is 17.5 Å². The number of nitro benzene ring substituents is 1. The van der Waals surface area contributed by atoms with Crippen molar-refractivity contribution in [3.05, 3.63) is 80.2 Å². The van der Waals surface area contributed by atoms with Gasteiger partial charge in [-0.3, -0.25) is 30.6 Å². The van der Waals surface area contributed by atoms with E-state index in [0.717, 1.165) is 12.1 Å². The molecule has 10 nitrogen and oxygen atoms in total. The van der Waals surface area contributed by atoms with E-state index in [4.69, 9.17) is 9.15 Å². The average molecular weight is 383 g/mol. The van der Waals surface area contributed by atoms with Crippen LogP contribution in [-0.2, 0) is 0 Å². The number of rotatable bonds is 4. The first-order valence-corrected chi connectivity index (χ1v) is 7.86. The molecule has 0 atom stereocenters. The lowest BCUT2D eigenvalue weighted by molar-refractivity contribution is -0.384. The first-order valence-electron chi connectivity index (χ1n) is 7.86. The van der Waals surface area contributed by atoms with Crippen molar-refractivity contribution in [1.82, 2.24) is 10.9 Å². The Hall–Kier alpha value is -4.21. The van der Waals surface area contributed by atoms with Crippen LogP contribution in [0.3, 0.4) is 0 Å². The van der Waals surface area contributed by atoms with Crippen LogP contribution in [0.2, 0.25) is 0 Å². The third kappa shape index (κ3) is 3.65. The van der Waals surface area contributed by atoms with Crippen molar-refractivity contribution in [1.29, 1.82) is 0 Å². The van der Waals surface area contributed by atoms with E-state index in [2.05, 4.69) is 10.9 Å². The number of carbonyl (C=O) groups excluding carboxylic acids is 2. The number of non-ortho nitro benzene ring substituents is 1. The first kappa shape index (κ1) is 18.6. The van der Waals surface area contributed by atoms with Crippen LogP contribution in [0, 0.1) is 10.1 Å². The van der Waals surface area contributed by atoms with E-state index < -0.39 is 22.4 Å². The van der Waals surface area contributed by atoms with E-state index in [9.17, 15) is 24.5 Å². The van der Waals surface area contributed by atoms with Gasteiger partial charge in [-0.1, -0.05) is 12.1 Å². The molecule has 2 amide bonds. The Morgan fingerprint density at radius 1 is 1.07 bits per heavy atom. The number of hydrogen-bond donors (Lipinski definition) is 2. The summed E-state index contributed by atoms with van der Waals surface area (Å²) in [7, 11) is 1.42. The molecule has 0 bridgehead atoms. The molecule has 1 heterocycles. The zero-order valence-corrected chi connectivity index (χ0v) is 14.4. The standard InChI is InChI=1S/C18H13N3O7/c1-27-14-4-2-3-11-9-13(18(24)28-15(11)14)17(23)20-19-16(22)10-5-7-12(8-6-10)21(25)26/h2-9H,1H3,(H,19,22)(H,20,23). The number of carbonyl (C=O) groups is 2. The van der Waals surface area contributed by atoms with Crippen LogP contribution < -0.4 is 21.2 Å². The maximum Gasteiger partial charge on any atom is 0.349 e. The number of hydrazine groups is 1. The molecular weight excluding hydrogens is 370 g/mol. The predicted octanol–water partition coefficient (Wildman–Crippen LogP) is 1.78. The summed E-state index contributed by atoms with van der Waals surface area (Å²) in [5, 5.41) is 11.1. The molecule has 0 saturated carbocycles. The number of hydrogen-bond acceptors (Lipinski definition) is 7. The van der Waals surface area contributed by atoms with Crippen molar-refractivity contribution in [3.8, 4) is 5.75 Å². The summed E-state index contributed by atoms with van der Waals surface area (Å²) in [4.78, 5) is 46.4. The number of nitrogens with zero attached hydrogens (tertiary/aromatic N) is 1. The highest BCUT2D eigenvalue weighted by molar-refractivity contribution is 6.00. The molecule has 1 aromatic heterocycles. The highest BCUT2D eigenvalue weighted by atomic mass is 16.6. The summed E-state index contributed by atoms with van der Waals surface area (Å²) < 4.78 is 10.2. The van der Waals surface area contributed by atoms with Crippen molar-refractivity contribution >= 4 is 28.5 Å². The zero-order valence-electron chi connectivity index (χ0n) is 14.4. The number of benzene rings is 2. The van der Waals surface area contributed by atoms with Gasteiger partial charge in [0.1, 0.15) is 5.56 Å². The minimum atomic E-state index is -0.904. The molecule has 0 aliphatic rings. The zero-order chi connectivity index (χ0) is 20.3. The van der Waals surface area contributed by atoms with Crippen molar-refractivity contribution < 1.29 is 23.7 Å². The van der Waals surface area contributed by atoms with Crippen LogP contribution in [0.5, 0.6) is 5.75 Å². The third-order valence-electron chi connectivity index (χ3n) is 3.82.